The van der Waals surface area contributed by atoms with Crippen LogP contribution in [0.4, 0.5) is 5.82 Å². The second kappa shape index (κ2) is 7.52. The van der Waals surface area contributed by atoms with Crippen LogP contribution in [0.2, 0.25) is 0 Å². The highest BCUT2D eigenvalue weighted by Crippen LogP contribution is 2.29. The summed E-state index contributed by atoms with van der Waals surface area (Å²) in [5, 5.41) is 11.3. The van der Waals surface area contributed by atoms with E-state index < -0.39 is 0 Å². The van der Waals surface area contributed by atoms with E-state index in [0.717, 1.165) is 16.9 Å². The normalized spacial score (nSPS) is 10.5. The number of pyridine rings is 1. The Balaban J connectivity index is 2.54. The van der Waals surface area contributed by atoms with Gasteiger partial charge in [-0.2, -0.15) is 5.26 Å². The zero-order valence-corrected chi connectivity index (χ0v) is 13.9. The smallest absolute Gasteiger partial charge is 0.142 e. The van der Waals surface area contributed by atoms with Gasteiger partial charge in [-0.05, 0) is 53.6 Å². The fraction of sp³-hybridized carbons (Fsp3) is 0.111. The van der Waals surface area contributed by atoms with Gasteiger partial charge < -0.3 is 10.5 Å². The minimum Gasteiger partial charge on any atom is -0.497 e. The number of benzene rings is 1. The molecule has 0 amide bonds. The van der Waals surface area contributed by atoms with E-state index in [1.54, 1.807) is 18.9 Å². The third-order valence-corrected chi connectivity index (χ3v) is 3.70. The predicted molar refractivity (Wildman–Crippen MR) is 97.0 cm³/mol. The number of nitrogens with zero attached hydrogens (tertiary/aromatic N) is 2. The number of hydrogen-bond acceptors (Lipinski definition) is 5. The molecular weight excluding hydrogens is 306 g/mol. The molecule has 1 aromatic carbocycles. The third kappa shape index (κ3) is 3.74. The minimum atomic E-state index is 0.203. The summed E-state index contributed by atoms with van der Waals surface area (Å²) in [6, 6.07) is 11.5. The van der Waals surface area contributed by atoms with Crippen LogP contribution in [-0.4, -0.2) is 18.3 Å². The van der Waals surface area contributed by atoms with Gasteiger partial charge in [-0.3, -0.25) is 0 Å². The molecule has 116 valence electrons. The molecule has 0 bridgehead atoms. The minimum absolute atomic E-state index is 0.203. The zero-order chi connectivity index (χ0) is 16.8. The first-order valence-corrected chi connectivity index (χ1v) is 8.13. The van der Waals surface area contributed by atoms with Gasteiger partial charge in [-0.25, -0.2) is 4.98 Å². The molecule has 0 unspecified atom stereocenters. The summed E-state index contributed by atoms with van der Waals surface area (Å²) in [4.78, 5) is 4.34. The number of nitrogens with two attached hydrogens (primary N) is 1. The molecule has 1 heterocycles. The highest BCUT2D eigenvalue weighted by molar-refractivity contribution is 8.01. The average Bonchev–Trinajstić information content (AvgIpc) is 2.59. The van der Waals surface area contributed by atoms with Gasteiger partial charge in [-0.15, -0.1) is 11.8 Å². The molecule has 2 N–H and O–H groups in total. The van der Waals surface area contributed by atoms with Crippen LogP contribution in [-0.2, 0) is 0 Å². The van der Waals surface area contributed by atoms with Gasteiger partial charge in [0.25, 0.3) is 0 Å². The van der Waals surface area contributed by atoms with Gasteiger partial charge in [0, 0.05) is 11.1 Å². The second-order valence-electron chi connectivity index (χ2n) is 4.72. The van der Waals surface area contributed by atoms with Crippen LogP contribution in [0.1, 0.15) is 11.1 Å². The maximum absolute atomic E-state index is 9.35. The summed E-state index contributed by atoms with van der Waals surface area (Å²) in [6.45, 7) is 4.02. The molecule has 0 radical (unpaired) electrons. The molecule has 1 aromatic heterocycles. The highest BCUT2D eigenvalue weighted by atomic mass is 32.2. The Morgan fingerprint density at radius 2 is 2.09 bits per heavy atom. The molecule has 2 rings (SSSR count). The van der Waals surface area contributed by atoms with Crippen molar-refractivity contribution in [3.63, 3.8) is 0 Å². The average molecular weight is 323 g/mol. The number of anilines is 1. The Morgan fingerprint density at radius 1 is 1.39 bits per heavy atom. The van der Waals surface area contributed by atoms with Gasteiger partial charge in [0.15, 0.2) is 0 Å². The van der Waals surface area contributed by atoms with Crippen LogP contribution in [0.25, 0.3) is 16.8 Å². The number of hydrogen-bond donors (Lipinski definition) is 1. The van der Waals surface area contributed by atoms with Crippen molar-refractivity contribution in [3.8, 4) is 23.1 Å². The van der Waals surface area contributed by atoms with Crippen LogP contribution in [0, 0.1) is 11.3 Å². The monoisotopic (exact) mass is 323 g/mol. The van der Waals surface area contributed by atoms with E-state index in [4.69, 9.17) is 10.5 Å². The number of methoxy groups -OCH3 is 1. The van der Waals surface area contributed by atoms with Crippen molar-refractivity contribution in [1.82, 2.24) is 4.98 Å². The lowest BCUT2D eigenvalue weighted by atomic mass is 9.99. The van der Waals surface area contributed by atoms with Crippen LogP contribution in [0.3, 0.4) is 0 Å². The molecule has 0 fully saturated rings. The summed E-state index contributed by atoms with van der Waals surface area (Å²) in [6.07, 6.45) is 3.82. The Kier molecular flexibility index (Phi) is 5.45. The van der Waals surface area contributed by atoms with Crippen LogP contribution in [0.15, 0.2) is 48.4 Å². The van der Waals surface area contributed by atoms with E-state index in [1.807, 2.05) is 48.1 Å². The van der Waals surface area contributed by atoms with Gasteiger partial charge in [0.2, 0.25) is 0 Å². The molecule has 0 saturated carbocycles. The standard InChI is InChI=1S/C18H17N3OS/c1-12(8-9-23-3)15-10-17(21-18(20)16(15)11-19)13-4-6-14(22-2)7-5-13/h4-10H,1H2,2-3H3,(H2,20,21)/b9-8-. The van der Waals surface area contributed by atoms with Crippen molar-refractivity contribution < 1.29 is 4.74 Å². The van der Waals surface area contributed by atoms with Crippen molar-refractivity contribution in [3.05, 3.63) is 59.5 Å². The molecule has 23 heavy (non-hydrogen) atoms. The largest absolute Gasteiger partial charge is 0.497 e. The van der Waals surface area contributed by atoms with E-state index in [0.29, 0.717) is 16.8 Å². The third-order valence-electron chi connectivity index (χ3n) is 3.30. The number of nitrogen functional groups attached to an aromatic ring is 1. The van der Waals surface area contributed by atoms with Gasteiger partial charge >= 0.3 is 0 Å². The Bertz CT molecular complexity index is 789. The van der Waals surface area contributed by atoms with E-state index in [2.05, 4.69) is 17.6 Å². The number of aromatic nitrogens is 1. The SMILES string of the molecule is C=C(/C=C\SC)c1cc(-c2ccc(OC)cc2)nc(N)c1C#N. The fourth-order valence-corrected chi connectivity index (χ4v) is 2.39. The molecule has 2 aromatic rings. The van der Waals surface area contributed by atoms with Crippen molar-refractivity contribution in [2.75, 3.05) is 19.1 Å². The van der Waals surface area contributed by atoms with E-state index in [1.165, 1.54) is 0 Å². The quantitative estimate of drug-likeness (QED) is 0.839. The number of nitriles is 1. The maximum atomic E-state index is 9.35. The molecule has 0 atom stereocenters. The summed E-state index contributed by atoms with van der Waals surface area (Å²) >= 11 is 1.56. The van der Waals surface area contributed by atoms with Gasteiger partial charge in [-0.1, -0.05) is 6.58 Å². The maximum Gasteiger partial charge on any atom is 0.142 e. The van der Waals surface area contributed by atoms with Crippen LogP contribution < -0.4 is 10.5 Å². The summed E-state index contributed by atoms with van der Waals surface area (Å²) < 4.78 is 5.16. The molecular formula is C18H17N3OS. The number of ether oxygens (including phenoxy) is 1. The predicted octanol–water partition coefficient (Wildman–Crippen LogP) is 4.10. The molecule has 4 nitrogen and oxygen atoms in total. The molecule has 0 saturated heterocycles. The second-order valence-corrected chi connectivity index (χ2v) is 5.46. The topological polar surface area (TPSA) is 71.9 Å². The number of rotatable bonds is 5. The molecule has 0 aliphatic heterocycles. The summed E-state index contributed by atoms with van der Waals surface area (Å²) in [7, 11) is 1.62. The lowest BCUT2D eigenvalue weighted by Gasteiger charge is -2.10. The van der Waals surface area contributed by atoms with E-state index in [-0.39, 0.29) is 5.82 Å². The van der Waals surface area contributed by atoms with E-state index >= 15 is 0 Å². The molecule has 0 aliphatic carbocycles. The first kappa shape index (κ1) is 16.7. The Morgan fingerprint density at radius 3 is 2.65 bits per heavy atom. The highest BCUT2D eigenvalue weighted by Gasteiger charge is 2.13. The van der Waals surface area contributed by atoms with Crippen molar-refractivity contribution in [2.24, 2.45) is 0 Å². The molecule has 0 spiro atoms. The fourth-order valence-electron chi connectivity index (χ4n) is 2.09. The first-order chi connectivity index (χ1) is 11.1. The molecule has 5 heteroatoms. The lowest BCUT2D eigenvalue weighted by Crippen LogP contribution is -2.01. The Hall–Kier alpha value is -2.71. The van der Waals surface area contributed by atoms with Crippen LogP contribution >= 0.6 is 11.8 Å². The van der Waals surface area contributed by atoms with Crippen molar-refractivity contribution >= 4 is 23.2 Å². The zero-order valence-electron chi connectivity index (χ0n) is 13.0. The lowest BCUT2D eigenvalue weighted by molar-refractivity contribution is 0.415. The molecule has 0 aliphatic rings. The van der Waals surface area contributed by atoms with Gasteiger partial charge in [0.1, 0.15) is 23.2 Å². The summed E-state index contributed by atoms with van der Waals surface area (Å²) in [5.74, 6) is 0.970. The van der Waals surface area contributed by atoms with E-state index in [9.17, 15) is 5.26 Å². The Labute approximate surface area is 140 Å². The number of allylic oxidation sites excluding steroid dienone is 2. The first-order valence-electron chi connectivity index (χ1n) is 6.84. The number of thioether (sulfide) groups is 1. The van der Waals surface area contributed by atoms with Gasteiger partial charge in [0.05, 0.1) is 12.8 Å². The summed E-state index contributed by atoms with van der Waals surface area (Å²) in [5.41, 5.74) is 9.31. The van der Waals surface area contributed by atoms with Crippen molar-refractivity contribution in [2.45, 2.75) is 0 Å². The van der Waals surface area contributed by atoms with Crippen LogP contribution in [0.5, 0.6) is 5.75 Å². The van der Waals surface area contributed by atoms with Crippen molar-refractivity contribution in [1.29, 1.82) is 5.26 Å².